The van der Waals surface area contributed by atoms with Gasteiger partial charge in [0.05, 0.1) is 6.04 Å². The zero-order valence-electron chi connectivity index (χ0n) is 17.6. The highest BCUT2D eigenvalue weighted by Gasteiger charge is 2.33. The molecule has 0 spiro atoms. The number of fused-ring (bicyclic) bond motifs is 1. The van der Waals surface area contributed by atoms with Crippen LogP contribution in [-0.4, -0.2) is 10.8 Å². The van der Waals surface area contributed by atoms with Gasteiger partial charge < -0.3 is 0 Å². The van der Waals surface area contributed by atoms with Crippen LogP contribution >= 0.6 is 11.8 Å². The summed E-state index contributed by atoms with van der Waals surface area (Å²) in [4.78, 5) is 3.62. The van der Waals surface area contributed by atoms with Crippen molar-refractivity contribution in [2.45, 2.75) is 76.3 Å². The van der Waals surface area contributed by atoms with Crippen molar-refractivity contribution in [2.24, 2.45) is 0 Å². The predicted octanol–water partition coefficient (Wildman–Crippen LogP) is 5.33. The first-order chi connectivity index (χ1) is 13.4. The molecule has 3 rings (SSSR count). The molecule has 0 unspecified atom stereocenters. The molecule has 1 aliphatic rings. The van der Waals surface area contributed by atoms with Gasteiger partial charge >= 0.3 is 0 Å². The van der Waals surface area contributed by atoms with E-state index in [0.29, 0.717) is 0 Å². The molecule has 0 radical (unpaired) electrons. The minimum atomic E-state index is 0.176. The molecular formula is C24H32N3S+. The summed E-state index contributed by atoms with van der Waals surface area (Å²) >= 11 is 2.00. The molecule has 0 aliphatic carbocycles. The van der Waals surface area contributed by atoms with Crippen LogP contribution in [0.15, 0.2) is 30.3 Å². The molecule has 2 N–H and O–H groups in total. The lowest BCUT2D eigenvalue weighted by Crippen LogP contribution is -2.33. The summed E-state index contributed by atoms with van der Waals surface area (Å²) in [7, 11) is 0. The lowest BCUT2D eigenvalue weighted by atomic mass is 9.91. The number of hydrogen-bond donors (Lipinski definition) is 1. The summed E-state index contributed by atoms with van der Waals surface area (Å²) in [6.07, 6.45) is 5.28. The fraction of sp³-hybridized carbons (Fsp3) is 0.500. The Bertz CT molecular complexity index is 852. The molecule has 148 valence electrons. The zero-order valence-corrected chi connectivity index (χ0v) is 18.4. The van der Waals surface area contributed by atoms with Crippen LogP contribution in [0.25, 0.3) is 0 Å². The summed E-state index contributed by atoms with van der Waals surface area (Å²) in [6.45, 7) is 8.99. The maximum atomic E-state index is 10.00. The summed E-state index contributed by atoms with van der Waals surface area (Å²) < 4.78 is 0.176. The first kappa shape index (κ1) is 20.7. The van der Waals surface area contributed by atoms with E-state index in [1.54, 1.807) is 0 Å². The van der Waals surface area contributed by atoms with Crippen molar-refractivity contribution >= 4 is 17.6 Å². The second-order valence-corrected chi connectivity index (χ2v) is 10.2. The van der Waals surface area contributed by atoms with Gasteiger partial charge in [0.25, 0.3) is 5.82 Å². The molecule has 1 atom stereocenters. The highest BCUT2D eigenvalue weighted by atomic mass is 32.2. The molecule has 0 amide bonds. The second kappa shape index (κ2) is 9.01. The first-order valence-electron chi connectivity index (χ1n) is 10.4. The van der Waals surface area contributed by atoms with E-state index in [0.717, 1.165) is 36.4 Å². The number of nitriles is 1. The van der Waals surface area contributed by atoms with Crippen molar-refractivity contribution in [3.8, 4) is 6.07 Å². The normalized spacial score (nSPS) is 16.1. The van der Waals surface area contributed by atoms with Crippen LogP contribution in [-0.2, 0) is 25.0 Å². The van der Waals surface area contributed by atoms with Crippen molar-refractivity contribution in [3.05, 3.63) is 58.3 Å². The molecule has 0 saturated carbocycles. The van der Waals surface area contributed by atoms with Gasteiger partial charge in [-0.3, -0.25) is 5.32 Å². The Morgan fingerprint density at radius 1 is 1.25 bits per heavy atom. The SMILES string of the molecule is CCCCc1[nH+]c(N[C@@H](C)Cc2ccccc2)c(C#N)c2c1CSC(C)(C)C2. The van der Waals surface area contributed by atoms with E-state index < -0.39 is 0 Å². The topological polar surface area (TPSA) is 50.0 Å². The van der Waals surface area contributed by atoms with E-state index in [1.165, 1.54) is 35.2 Å². The molecular weight excluding hydrogens is 362 g/mol. The number of unbranched alkanes of at least 4 members (excludes halogenated alkanes) is 1. The van der Waals surface area contributed by atoms with Crippen molar-refractivity contribution in [1.82, 2.24) is 0 Å². The van der Waals surface area contributed by atoms with Crippen LogP contribution in [0.3, 0.4) is 0 Å². The van der Waals surface area contributed by atoms with E-state index in [2.05, 4.69) is 68.3 Å². The van der Waals surface area contributed by atoms with Gasteiger partial charge in [-0.15, -0.1) is 0 Å². The van der Waals surface area contributed by atoms with Gasteiger partial charge in [0.1, 0.15) is 17.3 Å². The number of aryl methyl sites for hydroxylation is 1. The molecule has 1 aliphatic heterocycles. The summed E-state index contributed by atoms with van der Waals surface area (Å²) in [6, 6.07) is 13.3. The predicted molar refractivity (Wildman–Crippen MR) is 119 cm³/mol. The number of aromatic amines is 1. The second-order valence-electron chi connectivity index (χ2n) is 8.49. The molecule has 0 bridgehead atoms. The smallest absolute Gasteiger partial charge is 0.271 e. The Morgan fingerprint density at radius 2 is 2.00 bits per heavy atom. The van der Waals surface area contributed by atoms with E-state index in [-0.39, 0.29) is 10.8 Å². The van der Waals surface area contributed by atoms with Crippen LogP contribution in [0.5, 0.6) is 0 Å². The largest absolute Gasteiger partial charge is 0.291 e. The fourth-order valence-electron chi connectivity index (χ4n) is 3.95. The van der Waals surface area contributed by atoms with Gasteiger partial charge in [0, 0.05) is 28.9 Å². The molecule has 3 nitrogen and oxygen atoms in total. The van der Waals surface area contributed by atoms with Gasteiger partial charge in [0.2, 0.25) is 0 Å². The molecule has 0 fully saturated rings. The van der Waals surface area contributed by atoms with E-state index in [1.807, 2.05) is 17.8 Å². The van der Waals surface area contributed by atoms with Crippen LogP contribution in [0, 0.1) is 11.3 Å². The standard InChI is InChI=1S/C24H31N3S/c1-5-6-12-22-21-16-28-24(3,4)14-19(21)20(15-25)23(27-22)26-17(2)13-18-10-8-7-9-11-18/h7-11,17H,5-6,12-14,16H2,1-4H3,(H,26,27)/p+1/t17-/m0/s1. The van der Waals surface area contributed by atoms with Crippen molar-refractivity contribution in [1.29, 1.82) is 5.26 Å². The third-order valence-corrected chi connectivity index (χ3v) is 6.79. The molecule has 2 aromatic rings. The van der Waals surface area contributed by atoms with Crippen molar-refractivity contribution in [3.63, 3.8) is 0 Å². The minimum absolute atomic E-state index is 0.176. The first-order valence-corrected chi connectivity index (χ1v) is 11.4. The van der Waals surface area contributed by atoms with Gasteiger partial charge in [0.15, 0.2) is 0 Å². The van der Waals surface area contributed by atoms with Crippen LogP contribution < -0.4 is 10.3 Å². The molecule has 1 aromatic carbocycles. The maximum Gasteiger partial charge on any atom is 0.291 e. The lowest BCUT2D eigenvalue weighted by Gasteiger charge is -2.32. The Hall–Kier alpha value is -1.99. The highest BCUT2D eigenvalue weighted by Crippen LogP contribution is 2.41. The number of aromatic nitrogens is 1. The number of nitrogens with zero attached hydrogens (tertiary/aromatic N) is 1. The molecule has 28 heavy (non-hydrogen) atoms. The van der Waals surface area contributed by atoms with E-state index in [4.69, 9.17) is 0 Å². The quantitative estimate of drug-likeness (QED) is 0.691. The number of thioether (sulfide) groups is 1. The van der Waals surface area contributed by atoms with Gasteiger partial charge in [-0.05, 0) is 30.9 Å². The molecule has 0 saturated heterocycles. The third kappa shape index (κ3) is 4.89. The lowest BCUT2D eigenvalue weighted by molar-refractivity contribution is -0.375. The van der Waals surface area contributed by atoms with Gasteiger partial charge in [-0.25, -0.2) is 4.98 Å². The number of nitrogens with one attached hydrogen (secondary N) is 2. The Morgan fingerprint density at radius 3 is 2.68 bits per heavy atom. The maximum absolute atomic E-state index is 10.00. The molecule has 1 aromatic heterocycles. The average Bonchev–Trinajstić information content (AvgIpc) is 2.66. The molecule has 4 heteroatoms. The number of H-pyrrole nitrogens is 1. The highest BCUT2D eigenvalue weighted by molar-refractivity contribution is 7.99. The summed E-state index contributed by atoms with van der Waals surface area (Å²) in [5.41, 5.74) is 6.06. The summed E-state index contributed by atoms with van der Waals surface area (Å²) in [5.74, 6) is 1.89. The Labute approximate surface area is 174 Å². The number of benzene rings is 1. The van der Waals surface area contributed by atoms with E-state index in [9.17, 15) is 5.26 Å². The minimum Gasteiger partial charge on any atom is -0.271 e. The fourth-order valence-corrected chi connectivity index (χ4v) is 5.08. The Kier molecular flexibility index (Phi) is 6.67. The van der Waals surface area contributed by atoms with Crippen LogP contribution in [0.2, 0.25) is 0 Å². The van der Waals surface area contributed by atoms with Crippen molar-refractivity contribution in [2.75, 3.05) is 5.32 Å². The number of hydrogen-bond acceptors (Lipinski definition) is 3. The van der Waals surface area contributed by atoms with Gasteiger partial charge in [-0.1, -0.05) is 57.5 Å². The third-order valence-electron chi connectivity index (χ3n) is 5.43. The number of anilines is 1. The Balaban J connectivity index is 1.94. The van der Waals surface area contributed by atoms with Gasteiger partial charge in [-0.2, -0.15) is 17.0 Å². The summed E-state index contributed by atoms with van der Waals surface area (Å²) in [5, 5.41) is 13.6. The van der Waals surface area contributed by atoms with Crippen LogP contribution in [0.4, 0.5) is 5.82 Å². The monoisotopic (exact) mass is 394 g/mol. The average molecular weight is 395 g/mol. The van der Waals surface area contributed by atoms with Crippen LogP contribution in [0.1, 0.15) is 68.5 Å². The number of pyridine rings is 1. The number of rotatable bonds is 7. The van der Waals surface area contributed by atoms with E-state index >= 15 is 0 Å². The van der Waals surface area contributed by atoms with Crippen molar-refractivity contribution < 1.29 is 4.98 Å². The zero-order chi connectivity index (χ0) is 20.1. The molecule has 2 heterocycles.